The molecule has 0 radical (unpaired) electrons. The quantitative estimate of drug-likeness (QED) is 0.200. The Balaban J connectivity index is 1.80. The lowest BCUT2D eigenvalue weighted by molar-refractivity contribution is 0.308. The third kappa shape index (κ3) is 9.87. The van der Waals surface area contributed by atoms with Crippen molar-refractivity contribution < 1.29 is 13.7 Å². The number of methoxy groups -OCH3 is 1. The van der Waals surface area contributed by atoms with Crippen LogP contribution < -0.4 is 19.5 Å². The van der Waals surface area contributed by atoms with Gasteiger partial charge in [0.05, 0.1) is 28.9 Å². The van der Waals surface area contributed by atoms with Crippen LogP contribution in [0.1, 0.15) is 160 Å². The predicted octanol–water partition coefficient (Wildman–Crippen LogP) is 11.8. The van der Waals surface area contributed by atoms with Gasteiger partial charge in [0.2, 0.25) is 0 Å². The molecule has 51 heavy (non-hydrogen) atoms. The van der Waals surface area contributed by atoms with Gasteiger partial charge in [-0.1, -0.05) is 130 Å². The van der Waals surface area contributed by atoms with Gasteiger partial charge in [0.25, 0.3) is 0 Å². The van der Waals surface area contributed by atoms with Crippen LogP contribution in [0.25, 0.3) is 0 Å². The van der Waals surface area contributed by atoms with E-state index in [1.54, 1.807) is 7.11 Å². The minimum Gasteiger partial charge on any atom is -0.496 e. The van der Waals surface area contributed by atoms with E-state index in [1.165, 1.54) is 91.8 Å². The molecule has 2 fully saturated rings. The second kappa shape index (κ2) is 16.9. The maximum absolute atomic E-state index is 14.3. The molecule has 0 aliphatic heterocycles. The lowest BCUT2D eigenvalue weighted by Crippen LogP contribution is -2.39. The first-order valence-electron chi connectivity index (χ1n) is 19.6. The van der Waals surface area contributed by atoms with Crippen LogP contribution in [0.4, 0.5) is 0 Å². The molecule has 3 aromatic carbocycles. The summed E-state index contributed by atoms with van der Waals surface area (Å²) < 4.78 is 30.9. The topological polar surface area (TPSA) is 47.6 Å². The number of rotatable bonds is 11. The highest BCUT2D eigenvalue weighted by molar-refractivity contribution is 7.84. The standard InChI is InChI=1S/C45H66NO3PS/c1-43(2,3)37-29-33(30-38(41(37)48-10)44(4,5)6)40(46-51(47)45(7,8)9)36-27-20-28-39(49-31-32-21-14-11-15-22-32)42(36)50(34-23-16-12-17-24-34)35-25-18-13-19-26-35/h11,14-15,20-22,27-30,34-35,40,46H,12-13,16-19,23-26,31H2,1-10H3/t40-,51?/m0/s1. The molecule has 0 spiro atoms. The van der Waals surface area contributed by atoms with Crippen molar-refractivity contribution in [2.24, 2.45) is 0 Å². The van der Waals surface area contributed by atoms with E-state index in [4.69, 9.17) is 9.47 Å². The molecule has 0 amide bonds. The summed E-state index contributed by atoms with van der Waals surface area (Å²) >= 11 is 0. The van der Waals surface area contributed by atoms with Crippen LogP contribution in [-0.2, 0) is 28.4 Å². The summed E-state index contributed by atoms with van der Waals surface area (Å²) in [4.78, 5) is 0. The summed E-state index contributed by atoms with van der Waals surface area (Å²) in [5.74, 6) is 1.98. The van der Waals surface area contributed by atoms with E-state index in [0.29, 0.717) is 17.9 Å². The molecule has 6 heteroatoms. The summed E-state index contributed by atoms with van der Waals surface area (Å²) in [6.07, 6.45) is 13.1. The second-order valence-corrected chi connectivity index (χ2v) is 22.8. The van der Waals surface area contributed by atoms with Gasteiger partial charge in [-0.2, -0.15) is 0 Å². The minimum atomic E-state index is -1.32. The molecule has 0 saturated heterocycles. The molecule has 2 atom stereocenters. The highest BCUT2D eigenvalue weighted by Gasteiger charge is 2.39. The van der Waals surface area contributed by atoms with Gasteiger partial charge < -0.3 is 9.47 Å². The Bertz CT molecular complexity index is 1550. The van der Waals surface area contributed by atoms with Crippen molar-refractivity contribution in [2.75, 3.05) is 7.11 Å². The summed E-state index contributed by atoms with van der Waals surface area (Å²) in [5.41, 5.74) is 6.97. The Hall–Kier alpha value is -2.20. The largest absolute Gasteiger partial charge is 0.496 e. The molecule has 3 aromatic rings. The normalized spacial score (nSPS) is 18.1. The fourth-order valence-electron chi connectivity index (χ4n) is 8.03. The van der Waals surface area contributed by atoms with Gasteiger partial charge in [-0.3, -0.25) is 0 Å². The van der Waals surface area contributed by atoms with Gasteiger partial charge in [0, 0.05) is 16.4 Å². The average Bonchev–Trinajstić information content (AvgIpc) is 3.09. The fraction of sp³-hybridized carbons (Fsp3) is 0.600. The van der Waals surface area contributed by atoms with E-state index in [1.807, 2.05) is 0 Å². The molecule has 1 unspecified atom stereocenters. The van der Waals surface area contributed by atoms with Crippen LogP contribution in [0.3, 0.4) is 0 Å². The van der Waals surface area contributed by atoms with Gasteiger partial charge in [-0.05, 0) is 103 Å². The van der Waals surface area contributed by atoms with Crippen LogP contribution in [0, 0.1) is 0 Å². The van der Waals surface area contributed by atoms with E-state index in [9.17, 15) is 4.21 Å². The van der Waals surface area contributed by atoms with Crippen LogP contribution in [-0.4, -0.2) is 27.4 Å². The summed E-state index contributed by atoms with van der Waals surface area (Å²) in [5, 5.41) is 1.41. The molecular weight excluding hydrogens is 666 g/mol. The smallest absolute Gasteiger partial charge is 0.127 e. The number of hydrogen-bond donors (Lipinski definition) is 1. The first kappa shape index (κ1) is 40.0. The molecule has 0 aromatic heterocycles. The molecule has 2 aliphatic carbocycles. The number of ether oxygens (including phenoxy) is 2. The van der Waals surface area contributed by atoms with Crippen molar-refractivity contribution in [3.8, 4) is 11.5 Å². The van der Waals surface area contributed by atoms with Gasteiger partial charge in [0.1, 0.15) is 18.1 Å². The summed E-state index contributed by atoms with van der Waals surface area (Å²) in [6.45, 7) is 20.4. The summed E-state index contributed by atoms with van der Waals surface area (Å²) in [7, 11) is -0.0627. The first-order chi connectivity index (χ1) is 24.1. The Labute approximate surface area is 314 Å². The molecule has 0 bridgehead atoms. The zero-order chi connectivity index (χ0) is 37.0. The van der Waals surface area contributed by atoms with Crippen molar-refractivity contribution in [1.82, 2.24) is 4.72 Å². The molecule has 5 rings (SSSR count). The maximum Gasteiger partial charge on any atom is 0.127 e. The number of nitrogens with one attached hydrogen (secondary N) is 1. The molecule has 2 aliphatic rings. The van der Waals surface area contributed by atoms with Gasteiger partial charge in [0.15, 0.2) is 0 Å². The van der Waals surface area contributed by atoms with Gasteiger partial charge in [-0.15, -0.1) is 0 Å². The van der Waals surface area contributed by atoms with E-state index in [-0.39, 0.29) is 16.9 Å². The monoisotopic (exact) mass is 731 g/mol. The lowest BCUT2D eigenvalue weighted by Gasteiger charge is -2.41. The van der Waals surface area contributed by atoms with Crippen LogP contribution in [0.2, 0.25) is 0 Å². The molecule has 1 N–H and O–H groups in total. The SMILES string of the molecule is COc1c(C(C)(C)C)cc([C@H](NS(=O)C(C)(C)C)c2cccc(OCc3ccccc3)c2P(C2CCCCC2)C2CCCCC2)cc1C(C)(C)C. The van der Waals surface area contributed by atoms with Crippen molar-refractivity contribution >= 4 is 24.2 Å². The molecule has 280 valence electrons. The highest BCUT2D eigenvalue weighted by Crippen LogP contribution is 2.58. The Morgan fingerprint density at radius 1 is 0.745 bits per heavy atom. The maximum atomic E-state index is 14.3. The number of benzene rings is 3. The Kier molecular flexibility index (Phi) is 13.2. The van der Waals surface area contributed by atoms with Crippen molar-refractivity contribution in [3.63, 3.8) is 0 Å². The highest BCUT2D eigenvalue weighted by atomic mass is 32.2. The van der Waals surface area contributed by atoms with Crippen molar-refractivity contribution in [2.45, 2.75) is 166 Å². The van der Waals surface area contributed by atoms with Gasteiger partial charge in [-0.25, -0.2) is 8.93 Å². The zero-order valence-corrected chi connectivity index (χ0v) is 35.1. The van der Waals surface area contributed by atoms with Crippen LogP contribution in [0.15, 0.2) is 60.7 Å². The second-order valence-electron chi connectivity index (χ2n) is 18.0. The van der Waals surface area contributed by atoms with E-state index in [0.717, 1.165) is 17.1 Å². The van der Waals surface area contributed by atoms with E-state index in [2.05, 4.69) is 128 Å². The lowest BCUT2D eigenvalue weighted by atomic mass is 9.77. The number of hydrogen-bond acceptors (Lipinski definition) is 3. The zero-order valence-electron chi connectivity index (χ0n) is 33.4. The van der Waals surface area contributed by atoms with Crippen molar-refractivity contribution in [3.05, 3.63) is 88.5 Å². The minimum absolute atomic E-state index is 0.157. The van der Waals surface area contributed by atoms with E-state index >= 15 is 0 Å². The van der Waals surface area contributed by atoms with Crippen LogP contribution in [0.5, 0.6) is 11.5 Å². The third-order valence-electron chi connectivity index (χ3n) is 10.8. The fourth-order valence-corrected chi connectivity index (χ4v) is 12.9. The van der Waals surface area contributed by atoms with Crippen molar-refractivity contribution in [1.29, 1.82) is 0 Å². The Morgan fingerprint density at radius 3 is 1.75 bits per heavy atom. The summed E-state index contributed by atoms with van der Waals surface area (Å²) in [6, 6.07) is 21.7. The van der Waals surface area contributed by atoms with Gasteiger partial charge >= 0.3 is 0 Å². The average molecular weight is 732 g/mol. The third-order valence-corrected chi connectivity index (χ3v) is 16.0. The first-order valence-corrected chi connectivity index (χ1v) is 22.2. The Morgan fingerprint density at radius 2 is 1.27 bits per heavy atom. The predicted molar refractivity (Wildman–Crippen MR) is 221 cm³/mol. The van der Waals surface area contributed by atoms with E-state index < -0.39 is 23.7 Å². The molecule has 2 saturated carbocycles. The molecular formula is C45H66NO3PS. The molecule has 0 heterocycles. The molecule has 4 nitrogen and oxygen atoms in total. The van der Waals surface area contributed by atoms with Crippen LogP contribution >= 0.6 is 7.92 Å².